The van der Waals surface area contributed by atoms with Crippen LogP contribution in [0.5, 0.6) is 6.01 Å². The number of anilines is 1. The maximum absolute atomic E-state index is 12.3. The van der Waals surface area contributed by atoms with Gasteiger partial charge < -0.3 is 25.1 Å². The maximum Gasteiger partial charge on any atom is 0.415 e. The average Bonchev–Trinajstić information content (AvgIpc) is 3.12. The first-order valence-electron chi connectivity index (χ1n) is 8.06. The third kappa shape index (κ3) is 2.88. The van der Waals surface area contributed by atoms with E-state index in [1.165, 1.54) is 6.20 Å². The van der Waals surface area contributed by atoms with Crippen molar-refractivity contribution >= 4 is 17.5 Å². The number of fused-ring (bicyclic) bond motifs is 1. The van der Waals surface area contributed by atoms with Crippen LogP contribution in [0.2, 0.25) is 0 Å². The van der Waals surface area contributed by atoms with E-state index >= 15 is 0 Å². The van der Waals surface area contributed by atoms with Gasteiger partial charge in [0, 0.05) is 36.6 Å². The highest BCUT2D eigenvalue weighted by molar-refractivity contribution is 5.89. The number of nitrogens with one attached hydrogen (secondary N) is 1. The highest BCUT2D eigenvalue weighted by atomic mass is 16.6. The largest absolute Gasteiger partial charge is 0.437 e. The van der Waals surface area contributed by atoms with Crippen LogP contribution in [0.25, 0.3) is 0 Å². The summed E-state index contributed by atoms with van der Waals surface area (Å²) in [6.45, 7) is 1.65. The normalized spacial score (nSPS) is 17.8. The summed E-state index contributed by atoms with van der Waals surface area (Å²) in [5.41, 5.74) is 0.332. The molecule has 0 saturated carbocycles. The number of nitro groups is 1. The first-order chi connectivity index (χ1) is 12.0. The van der Waals surface area contributed by atoms with Crippen molar-refractivity contribution in [2.75, 3.05) is 18.4 Å². The fourth-order valence-corrected chi connectivity index (χ4v) is 3.31. The minimum Gasteiger partial charge on any atom is -0.437 e. The summed E-state index contributed by atoms with van der Waals surface area (Å²) in [6, 6.07) is 9.47. The number of para-hydroxylation sites is 1. The molecule has 1 spiro atoms. The molecular weight excluding hydrogens is 326 g/mol. The summed E-state index contributed by atoms with van der Waals surface area (Å²) in [4.78, 5) is 28.2. The molecule has 130 valence electrons. The number of hydrogen-bond donors (Lipinski definition) is 1. The Balaban J connectivity index is 1.36. The quantitative estimate of drug-likeness (QED) is 0.665. The highest BCUT2D eigenvalue weighted by Gasteiger charge is 2.46. The number of urea groups is 1. The second-order valence-corrected chi connectivity index (χ2v) is 6.33. The molecule has 2 aliphatic rings. The Kier molecular flexibility index (Phi) is 3.56. The lowest BCUT2D eigenvalue weighted by atomic mass is 9.91. The smallest absolute Gasteiger partial charge is 0.415 e. The van der Waals surface area contributed by atoms with Gasteiger partial charge in [-0.2, -0.15) is 0 Å². The molecule has 0 radical (unpaired) electrons. The van der Waals surface area contributed by atoms with Gasteiger partial charge in [0.2, 0.25) is 0 Å². The summed E-state index contributed by atoms with van der Waals surface area (Å²) in [7, 11) is 0. The number of ether oxygens (including phenoxy) is 1. The number of imidazole rings is 1. The summed E-state index contributed by atoms with van der Waals surface area (Å²) in [6.07, 6.45) is 2.72. The molecule has 1 fully saturated rings. The topological polar surface area (TPSA) is 103 Å². The first kappa shape index (κ1) is 15.4. The van der Waals surface area contributed by atoms with E-state index in [-0.39, 0.29) is 17.9 Å². The number of carbonyl (C=O) groups excluding carboxylic acids is 1. The Labute approximate surface area is 143 Å². The van der Waals surface area contributed by atoms with E-state index in [4.69, 9.17) is 4.74 Å². The molecule has 2 amide bonds. The van der Waals surface area contributed by atoms with Crippen molar-refractivity contribution in [2.24, 2.45) is 0 Å². The van der Waals surface area contributed by atoms with Gasteiger partial charge in [0.25, 0.3) is 0 Å². The van der Waals surface area contributed by atoms with Crippen molar-refractivity contribution in [3.63, 3.8) is 0 Å². The standard InChI is InChI=1S/C16H17N5O4/c22-14(17-12-4-2-1-3-5-12)19-8-6-16(7-9-19)11-20-10-13(21(23)24)18-15(20)25-16/h1-5,10H,6-9,11H2,(H,17,22). The van der Waals surface area contributed by atoms with Crippen molar-refractivity contribution in [3.05, 3.63) is 46.6 Å². The van der Waals surface area contributed by atoms with Crippen LogP contribution < -0.4 is 10.1 Å². The molecule has 2 aromatic rings. The maximum atomic E-state index is 12.3. The Morgan fingerprint density at radius 3 is 2.64 bits per heavy atom. The Morgan fingerprint density at radius 1 is 1.28 bits per heavy atom. The predicted molar refractivity (Wildman–Crippen MR) is 88.5 cm³/mol. The predicted octanol–water partition coefficient (Wildman–Crippen LogP) is 2.25. The minimum atomic E-state index is -0.530. The monoisotopic (exact) mass is 343 g/mol. The van der Waals surface area contributed by atoms with E-state index in [1.807, 2.05) is 30.3 Å². The zero-order valence-corrected chi connectivity index (χ0v) is 13.4. The van der Waals surface area contributed by atoms with Gasteiger partial charge in [-0.1, -0.05) is 18.2 Å². The molecule has 0 unspecified atom stereocenters. The summed E-state index contributed by atoms with van der Waals surface area (Å²) in [5.74, 6) is -0.204. The molecule has 1 aromatic heterocycles. The van der Waals surface area contributed by atoms with Crippen molar-refractivity contribution < 1.29 is 14.5 Å². The minimum absolute atomic E-state index is 0.132. The highest BCUT2D eigenvalue weighted by Crippen LogP contribution is 2.37. The molecule has 4 rings (SSSR count). The molecule has 1 aromatic carbocycles. The number of amides is 2. The number of nitrogens with zero attached hydrogens (tertiary/aromatic N) is 4. The fraction of sp³-hybridized carbons (Fsp3) is 0.375. The van der Waals surface area contributed by atoms with E-state index in [2.05, 4.69) is 10.3 Å². The van der Waals surface area contributed by atoms with Gasteiger partial charge in [0.15, 0.2) is 0 Å². The number of piperidine rings is 1. The molecule has 9 heteroatoms. The van der Waals surface area contributed by atoms with E-state index in [1.54, 1.807) is 9.47 Å². The molecule has 1 saturated heterocycles. The molecule has 1 N–H and O–H groups in total. The second-order valence-electron chi connectivity index (χ2n) is 6.33. The summed E-state index contributed by atoms with van der Waals surface area (Å²) >= 11 is 0. The molecule has 25 heavy (non-hydrogen) atoms. The van der Waals surface area contributed by atoms with E-state index in [0.29, 0.717) is 32.5 Å². The van der Waals surface area contributed by atoms with Gasteiger partial charge in [-0.25, -0.2) is 4.79 Å². The Bertz CT molecular complexity index is 786. The van der Waals surface area contributed by atoms with Crippen molar-refractivity contribution in [3.8, 4) is 6.01 Å². The van der Waals surface area contributed by atoms with E-state index in [0.717, 1.165) is 5.69 Å². The number of benzene rings is 1. The molecule has 0 aliphatic carbocycles. The van der Waals surface area contributed by atoms with Gasteiger partial charge in [-0.15, -0.1) is 0 Å². The number of carbonyl (C=O) groups is 1. The lowest BCUT2D eigenvalue weighted by Crippen LogP contribution is -2.50. The van der Waals surface area contributed by atoms with Crippen LogP contribution >= 0.6 is 0 Å². The fourth-order valence-electron chi connectivity index (χ4n) is 3.31. The third-order valence-electron chi connectivity index (χ3n) is 4.67. The second kappa shape index (κ2) is 5.76. The number of aromatic nitrogens is 2. The van der Waals surface area contributed by atoms with Crippen LogP contribution in [-0.4, -0.2) is 44.1 Å². The molecule has 9 nitrogen and oxygen atoms in total. The number of likely N-dealkylation sites (tertiary alicyclic amines) is 1. The van der Waals surface area contributed by atoms with Gasteiger partial charge in [-0.05, 0) is 17.1 Å². The van der Waals surface area contributed by atoms with Crippen LogP contribution in [0.4, 0.5) is 16.3 Å². The molecular formula is C16H17N5O4. The Hall–Kier alpha value is -3.10. The lowest BCUT2D eigenvalue weighted by molar-refractivity contribution is -0.389. The van der Waals surface area contributed by atoms with Crippen LogP contribution in [0, 0.1) is 10.1 Å². The SMILES string of the molecule is O=C(Nc1ccccc1)N1CCC2(CC1)Cn1cc([N+](=O)[O-])nc1O2. The molecule has 3 heterocycles. The Morgan fingerprint density at radius 2 is 2.00 bits per heavy atom. The van der Waals surface area contributed by atoms with Crippen LogP contribution in [0.15, 0.2) is 36.5 Å². The van der Waals surface area contributed by atoms with E-state index < -0.39 is 10.5 Å². The van der Waals surface area contributed by atoms with Crippen LogP contribution in [0.3, 0.4) is 0 Å². The lowest BCUT2D eigenvalue weighted by Gasteiger charge is -2.37. The van der Waals surface area contributed by atoms with Gasteiger partial charge in [0.05, 0.1) is 6.54 Å². The summed E-state index contributed by atoms with van der Waals surface area (Å²) in [5, 5.41) is 13.6. The zero-order chi connectivity index (χ0) is 17.4. The first-order valence-corrected chi connectivity index (χ1v) is 8.06. The van der Waals surface area contributed by atoms with Crippen LogP contribution in [-0.2, 0) is 6.54 Å². The molecule has 2 aliphatic heterocycles. The van der Waals surface area contributed by atoms with Crippen molar-refractivity contribution in [1.82, 2.24) is 14.5 Å². The van der Waals surface area contributed by atoms with Gasteiger partial charge in [0.1, 0.15) is 11.8 Å². The van der Waals surface area contributed by atoms with Gasteiger partial charge in [-0.3, -0.25) is 4.57 Å². The average molecular weight is 343 g/mol. The number of rotatable bonds is 2. The zero-order valence-electron chi connectivity index (χ0n) is 13.4. The third-order valence-corrected chi connectivity index (χ3v) is 4.67. The van der Waals surface area contributed by atoms with Crippen molar-refractivity contribution in [1.29, 1.82) is 0 Å². The van der Waals surface area contributed by atoms with E-state index in [9.17, 15) is 14.9 Å². The summed E-state index contributed by atoms with van der Waals surface area (Å²) < 4.78 is 7.58. The van der Waals surface area contributed by atoms with Gasteiger partial charge >= 0.3 is 17.9 Å². The van der Waals surface area contributed by atoms with Crippen LogP contribution in [0.1, 0.15) is 12.8 Å². The molecule has 0 bridgehead atoms. The molecule has 0 atom stereocenters. The number of hydrogen-bond acceptors (Lipinski definition) is 5. The van der Waals surface area contributed by atoms with Crippen molar-refractivity contribution in [2.45, 2.75) is 25.0 Å².